The zero-order chi connectivity index (χ0) is 13.9. The Hall–Kier alpha value is -1.34. The number of hydrogen-bond acceptors (Lipinski definition) is 2. The summed E-state index contributed by atoms with van der Waals surface area (Å²) in [5.74, 6) is -1.80. The van der Waals surface area contributed by atoms with E-state index in [1.54, 1.807) is 0 Å². The Balaban J connectivity index is 2.63. The van der Waals surface area contributed by atoms with E-state index in [-0.39, 0.29) is 10.6 Å². The van der Waals surface area contributed by atoms with E-state index < -0.39 is 30.5 Å². The Morgan fingerprint density at radius 3 is 2.56 bits per heavy atom. The first-order valence-corrected chi connectivity index (χ1v) is 5.07. The van der Waals surface area contributed by atoms with Crippen molar-refractivity contribution in [3.05, 3.63) is 34.6 Å². The molecule has 1 unspecified atom stereocenters. The number of alkyl halides is 3. The minimum absolute atomic E-state index is 0.189. The lowest BCUT2D eigenvalue weighted by Gasteiger charge is -2.15. The molecule has 0 heterocycles. The summed E-state index contributed by atoms with van der Waals surface area (Å²) >= 11 is 5.38. The van der Waals surface area contributed by atoms with Crippen LogP contribution in [0.15, 0.2) is 18.2 Å². The van der Waals surface area contributed by atoms with Crippen LogP contribution in [0.5, 0.6) is 0 Å². The predicted molar refractivity (Wildman–Crippen MR) is 55.8 cm³/mol. The van der Waals surface area contributed by atoms with Gasteiger partial charge in [-0.2, -0.15) is 13.2 Å². The Morgan fingerprint density at radius 1 is 1.44 bits per heavy atom. The zero-order valence-corrected chi connectivity index (χ0v) is 9.52. The highest BCUT2D eigenvalue weighted by Gasteiger charge is 2.38. The fraction of sp³-hybridized carbons (Fsp3) is 0.300. The lowest BCUT2D eigenvalue weighted by atomic mass is 10.2. The molecule has 0 radical (unpaired) electrons. The third-order valence-electron chi connectivity index (χ3n) is 2.02. The van der Waals surface area contributed by atoms with Crippen LogP contribution in [0.25, 0.3) is 0 Å². The van der Waals surface area contributed by atoms with Gasteiger partial charge in [0.2, 0.25) is 0 Å². The molecule has 1 amide bonds. The van der Waals surface area contributed by atoms with Crippen LogP contribution >= 0.6 is 11.6 Å². The summed E-state index contributed by atoms with van der Waals surface area (Å²) in [6.07, 6.45) is -7.49. The zero-order valence-electron chi connectivity index (χ0n) is 8.76. The largest absolute Gasteiger partial charge is 0.416 e. The van der Waals surface area contributed by atoms with Crippen molar-refractivity contribution in [2.75, 3.05) is 6.54 Å². The Morgan fingerprint density at radius 2 is 2.06 bits per heavy atom. The maximum absolute atomic E-state index is 13.0. The number of halogens is 5. The van der Waals surface area contributed by atoms with Crippen LogP contribution in [0.2, 0.25) is 5.02 Å². The number of rotatable bonds is 3. The number of carbonyl (C=O) groups excluding carboxylic acids is 1. The molecule has 1 aromatic rings. The van der Waals surface area contributed by atoms with Crippen molar-refractivity contribution in [2.24, 2.45) is 0 Å². The van der Waals surface area contributed by atoms with Crippen LogP contribution in [0.4, 0.5) is 17.6 Å². The third kappa shape index (κ3) is 3.85. The molecule has 0 aliphatic rings. The van der Waals surface area contributed by atoms with Crippen LogP contribution in [0.3, 0.4) is 0 Å². The van der Waals surface area contributed by atoms with Crippen molar-refractivity contribution in [1.29, 1.82) is 0 Å². The lowest BCUT2D eigenvalue weighted by Crippen LogP contribution is -2.40. The Bertz CT molecular complexity index is 450. The molecule has 0 saturated carbocycles. The number of aliphatic hydroxyl groups is 1. The van der Waals surface area contributed by atoms with E-state index in [4.69, 9.17) is 16.7 Å². The molecule has 0 aliphatic heterocycles. The van der Waals surface area contributed by atoms with Gasteiger partial charge in [-0.3, -0.25) is 4.79 Å². The molecular weight excluding hydrogens is 278 g/mol. The molecule has 1 atom stereocenters. The fourth-order valence-electron chi connectivity index (χ4n) is 1.04. The highest BCUT2D eigenvalue weighted by atomic mass is 35.5. The molecule has 2 N–H and O–H groups in total. The minimum Gasteiger partial charge on any atom is -0.382 e. The molecule has 3 nitrogen and oxygen atoms in total. The summed E-state index contributed by atoms with van der Waals surface area (Å²) < 4.78 is 48.8. The monoisotopic (exact) mass is 285 g/mol. The van der Waals surface area contributed by atoms with Gasteiger partial charge >= 0.3 is 6.18 Å². The first kappa shape index (κ1) is 14.7. The first-order valence-electron chi connectivity index (χ1n) is 4.70. The van der Waals surface area contributed by atoms with Gasteiger partial charge in [-0.05, 0) is 18.2 Å². The summed E-state index contributed by atoms with van der Waals surface area (Å²) in [5, 5.41) is 10.3. The SMILES string of the molecule is O=C(NCC(O)C(F)(F)F)c1ccc(Cl)c(F)c1. The van der Waals surface area contributed by atoms with Crippen molar-refractivity contribution < 1.29 is 27.5 Å². The molecule has 1 aromatic carbocycles. The van der Waals surface area contributed by atoms with E-state index in [9.17, 15) is 22.4 Å². The number of benzene rings is 1. The highest BCUT2D eigenvalue weighted by molar-refractivity contribution is 6.30. The van der Waals surface area contributed by atoms with Gasteiger partial charge in [0.25, 0.3) is 5.91 Å². The molecule has 0 saturated heterocycles. The molecule has 0 aromatic heterocycles. The fourth-order valence-corrected chi connectivity index (χ4v) is 1.16. The smallest absolute Gasteiger partial charge is 0.382 e. The van der Waals surface area contributed by atoms with Gasteiger partial charge in [-0.1, -0.05) is 11.6 Å². The van der Waals surface area contributed by atoms with Crippen molar-refractivity contribution in [3.63, 3.8) is 0 Å². The van der Waals surface area contributed by atoms with Crippen molar-refractivity contribution in [3.8, 4) is 0 Å². The second-order valence-electron chi connectivity index (χ2n) is 3.40. The van der Waals surface area contributed by atoms with E-state index >= 15 is 0 Å². The summed E-state index contributed by atoms with van der Waals surface area (Å²) in [7, 11) is 0. The standard InChI is InChI=1S/C10H8ClF4NO2/c11-6-2-1-5(3-7(6)12)9(18)16-4-8(17)10(13,14)15/h1-3,8,17H,4H2,(H,16,18). The van der Waals surface area contributed by atoms with Crippen molar-refractivity contribution >= 4 is 17.5 Å². The number of amides is 1. The number of carbonyl (C=O) groups is 1. The van der Waals surface area contributed by atoms with Gasteiger partial charge in [-0.15, -0.1) is 0 Å². The number of nitrogens with one attached hydrogen (secondary N) is 1. The minimum atomic E-state index is -4.82. The molecular formula is C10H8ClF4NO2. The summed E-state index contributed by atoms with van der Waals surface area (Å²) in [4.78, 5) is 11.3. The molecule has 8 heteroatoms. The van der Waals surface area contributed by atoms with Crippen LogP contribution in [-0.4, -0.2) is 29.8 Å². The molecule has 100 valence electrons. The maximum atomic E-state index is 13.0. The van der Waals surface area contributed by atoms with Crippen LogP contribution in [-0.2, 0) is 0 Å². The molecule has 0 bridgehead atoms. The van der Waals surface area contributed by atoms with Gasteiger partial charge in [-0.25, -0.2) is 4.39 Å². The summed E-state index contributed by atoms with van der Waals surface area (Å²) in [6.45, 7) is -1.01. The van der Waals surface area contributed by atoms with E-state index in [1.807, 2.05) is 5.32 Å². The van der Waals surface area contributed by atoms with Gasteiger partial charge < -0.3 is 10.4 Å². The van der Waals surface area contributed by atoms with E-state index in [0.717, 1.165) is 18.2 Å². The molecule has 0 aliphatic carbocycles. The van der Waals surface area contributed by atoms with Crippen LogP contribution in [0, 0.1) is 5.82 Å². The topological polar surface area (TPSA) is 49.3 Å². The van der Waals surface area contributed by atoms with Gasteiger partial charge in [0.15, 0.2) is 6.10 Å². The van der Waals surface area contributed by atoms with Gasteiger partial charge in [0.05, 0.1) is 11.6 Å². The molecule has 0 fully saturated rings. The maximum Gasteiger partial charge on any atom is 0.416 e. The second-order valence-corrected chi connectivity index (χ2v) is 3.80. The third-order valence-corrected chi connectivity index (χ3v) is 2.32. The molecule has 1 rings (SSSR count). The normalized spacial score (nSPS) is 13.2. The average Bonchev–Trinajstić information content (AvgIpc) is 2.27. The highest BCUT2D eigenvalue weighted by Crippen LogP contribution is 2.19. The predicted octanol–water partition coefficient (Wildman–Crippen LogP) is 2.13. The van der Waals surface area contributed by atoms with E-state index in [2.05, 4.69) is 0 Å². The van der Waals surface area contributed by atoms with Crippen molar-refractivity contribution in [2.45, 2.75) is 12.3 Å². The van der Waals surface area contributed by atoms with Gasteiger partial charge in [0.1, 0.15) is 5.82 Å². The van der Waals surface area contributed by atoms with Crippen LogP contribution < -0.4 is 5.32 Å². The Labute approximate surface area is 104 Å². The quantitative estimate of drug-likeness (QED) is 0.836. The van der Waals surface area contributed by atoms with E-state index in [0.29, 0.717) is 0 Å². The first-order chi connectivity index (χ1) is 8.21. The molecule has 18 heavy (non-hydrogen) atoms. The summed E-state index contributed by atoms with van der Waals surface area (Å²) in [6, 6.07) is 3.05. The van der Waals surface area contributed by atoms with Crippen LogP contribution in [0.1, 0.15) is 10.4 Å². The number of aliphatic hydroxyl groups excluding tert-OH is 1. The van der Waals surface area contributed by atoms with E-state index in [1.165, 1.54) is 0 Å². The number of hydrogen-bond donors (Lipinski definition) is 2. The average molecular weight is 286 g/mol. The Kier molecular flexibility index (Phi) is 4.53. The van der Waals surface area contributed by atoms with Crippen molar-refractivity contribution in [1.82, 2.24) is 5.32 Å². The van der Waals surface area contributed by atoms with Gasteiger partial charge in [0, 0.05) is 5.56 Å². The second kappa shape index (κ2) is 5.53. The summed E-state index contributed by atoms with van der Waals surface area (Å²) in [5.41, 5.74) is -0.189. The molecule has 0 spiro atoms. The lowest BCUT2D eigenvalue weighted by molar-refractivity contribution is -0.201.